The summed E-state index contributed by atoms with van der Waals surface area (Å²) in [6.07, 6.45) is -8.62. The van der Waals surface area contributed by atoms with Gasteiger partial charge in [0.05, 0.1) is 11.1 Å². The van der Waals surface area contributed by atoms with Gasteiger partial charge in [-0.15, -0.1) is 0 Å². The lowest BCUT2D eigenvalue weighted by Gasteiger charge is -2.10. The number of halogens is 6. The molecule has 1 amide bonds. The van der Waals surface area contributed by atoms with E-state index in [1.165, 1.54) is 12.1 Å². The largest absolute Gasteiger partial charge is 0.434 e. The molecule has 28 heavy (non-hydrogen) atoms. The van der Waals surface area contributed by atoms with Gasteiger partial charge in [-0.25, -0.2) is 0 Å². The summed E-state index contributed by atoms with van der Waals surface area (Å²) >= 11 is 0.538. The van der Waals surface area contributed by atoms with Crippen LogP contribution in [0, 0.1) is 0 Å². The first-order valence-electron chi connectivity index (χ1n) is 7.41. The van der Waals surface area contributed by atoms with Crippen LogP contribution >= 0.6 is 11.5 Å². The highest BCUT2D eigenvalue weighted by Crippen LogP contribution is 2.37. The van der Waals surface area contributed by atoms with E-state index in [-0.39, 0.29) is 16.5 Å². The van der Waals surface area contributed by atoms with Gasteiger partial charge < -0.3 is 0 Å². The van der Waals surface area contributed by atoms with Gasteiger partial charge in [0.2, 0.25) is 5.13 Å². The number of anilines is 1. The van der Waals surface area contributed by atoms with Crippen LogP contribution < -0.4 is 5.32 Å². The van der Waals surface area contributed by atoms with Crippen LogP contribution in [-0.4, -0.2) is 20.2 Å². The van der Waals surface area contributed by atoms with Crippen LogP contribution in [0.3, 0.4) is 0 Å². The zero-order chi connectivity index (χ0) is 20.5. The maximum absolute atomic E-state index is 13.1. The second kappa shape index (κ2) is 7.19. The van der Waals surface area contributed by atoms with Crippen LogP contribution in [0.25, 0.3) is 11.4 Å². The minimum Gasteiger partial charge on any atom is -0.297 e. The van der Waals surface area contributed by atoms with Crippen molar-refractivity contribution < 1.29 is 31.1 Å². The Balaban J connectivity index is 1.89. The molecule has 0 spiro atoms. The van der Waals surface area contributed by atoms with Crippen LogP contribution in [0.5, 0.6) is 0 Å². The molecule has 2 heterocycles. The molecule has 0 atom stereocenters. The summed E-state index contributed by atoms with van der Waals surface area (Å²) in [5.74, 6) is -1.47. The Kier molecular flexibility index (Phi) is 5.06. The van der Waals surface area contributed by atoms with E-state index in [0.29, 0.717) is 11.5 Å². The van der Waals surface area contributed by atoms with E-state index in [9.17, 15) is 31.1 Å². The number of hydrogen-bond donors (Lipinski definition) is 1. The molecule has 1 aromatic carbocycles. The number of nitrogens with zero attached hydrogens (tertiary/aromatic N) is 3. The SMILES string of the molecule is O=C(Nc1nc(-c2ccccc2C(F)(F)F)ns1)c1cccnc1C(F)(F)F. The van der Waals surface area contributed by atoms with Crippen molar-refractivity contribution in [1.29, 1.82) is 0 Å². The second-order valence-electron chi connectivity index (χ2n) is 5.32. The first-order valence-corrected chi connectivity index (χ1v) is 8.18. The van der Waals surface area contributed by atoms with Crippen LogP contribution in [0.1, 0.15) is 21.6 Å². The molecule has 0 unspecified atom stereocenters. The Morgan fingerprint density at radius 2 is 1.68 bits per heavy atom. The summed E-state index contributed by atoms with van der Waals surface area (Å²) in [6.45, 7) is 0. The number of amides is 1. The Bertz CT molecular complexity index is 1010. The molecule has 3 rings (SSSR count). The Morgan fingerprint density at radius 3 is 2.36 bits per heavy atom. The molecule has 12 heteroatoms. The van der Waals surface area contributed by atoms with Gasteiger partial charge in [-0.3, -0.25) is 15.1 Å². The molecule has 0 aliphatic carbocycles. The first kappa shape index (κ1) is 19.7. The topological polar surface area (TPSA) is 67.8 Å². The fraction of sp³-hybridized carbons (Fsp3) is 0.125. The summed E-state index contributed by atoms with van der Waals surface area (Å²) in [5.41, 5.74) is -3.43. The fourth-order valence-corrected chi connectivity index (χ4v) is 2.87. The van der Waals surface area contributed by atoms with E-state index in [4.69, 9.17) is 0 Å². The van der Waals surface area contributed by atoms with Gasteiger partial charge >= 0.3 is 12.4 Å². The van der Waals surface area contributed by atoms with Gasteiger partial charge in [0.1, 0.15) is 0 Å². The summed E-state index contributed by atoms with van der Waals surface area (Å²) in [6, 6.07) is 6.62. The highest BCUT2D eigenvalue weighted by Gasteiger charge is 2.37. The minimum atomic E-state index is -4.86. The van der Waals surface area contributed by atoms with Gasteiger partial charge in [0.25, 0.3) is 5.91 Å². The third-order valence-corrected chi connectivity index (χ3v) is 4.07. The average molecular weight is 418 g/mol. The monoisotopic (exact) mass is 418 g/mol. The minimum absolute atomic E-state index is 0.256. The number of alkyl halides is 6. The van der Waals surface area contributed by atoms with Crippen molar-refractivity contribution in [2.24, 2.45) is 0 Å². The quantitative estimate of drug-likeness (QED) is 0.615. The molecule has 3 aromatic rings. The predicted molar refractivity (Wildman–Crippen MR) is 87.5 cm³/mol. The van der Waals surface area contributed by atoms with Gasteiger partial charge in [-0.2, -0.15) is 35.7 Å². The standard InChI is InChI=1S/C16H8F6N4OS/c17-15(18,19)10-6-2-1-4-8(10)12-24-14(28-26-12)25-13(27)9-5-3-7-23-11(9)16(20,21)22/h1-7H,(H,24,25,26,27). The molecule has 0 aliphatic heterocycles. The maximum Gasteiger partial charge on any atom is 0.434 e. The van der Waals surface area contributed by atoms with Crippen molar-refractivity contribution in [3.63, 3.8) is 0 Å². The molecule has 1 N–H and O–H groups in total. The lowest BCUT2D eigenvalue weighted by Crippen LogP contribution is -2.20. The molecule has 2 aromatic heterocycles. The molecule has 146 valence electrons. The van der Waals surface area contributed by atoms with Gasteiger partial charge in [-0.05, 0) is 18.2 Å². The summed E-state index contributed by atoms with van der Waals surface area (Å²) in [7, 11) is 0. The molecule has 5 nitrogen and oxygen atoms in total. The lowest BCUT2D eigenvalue weighted by atomic mass is 10.1. The maximum atomic E-state index is 13.1. The molecular weight excluding hydrogens is 410 g/mol. The van der Waals surface area contributed by atoms with E-state index in [1.807, 2.05) is 0 Å². The molecule has 0 bridgehead atoms. The van der Waals surface area contributed by atoms with Gasteiger partial charge in [0.15, 0.2) is 11.5 Å². The second-order valence-corrected chi connectivity index (χ2v) is 6.07. The first-order chi connectivity index (χ1) is 13.1. The normalized spacial score (nSPS) is 12.1. The lowest BCUT2D eigenvalue weighted by molar-refractivity contribution is -0.141. The van der Waals surface area contributed by atoms with Crippen LogP contribution in [0.4, 0.5) is 31.5 Å². The summed E-state index contributed by atoms with van der Waals surface area (Å²) < 4.78 is 81.9. The number of aromatic nitrogens is 3. The third-order valence-electron chi connectivity index (χ3n) is 3.44. The van der Waals surface area contributed by atoms with Crippen molar-refractivity contribution in [3.8, 4) is 11.4 Å². The zero-order valence-electron chi connectivity index (χ0n) is 13.5. The van der Waals surface area contributed by atoms with Crippen LogP contribution in [0.15, 0.2) is 42.6 Å². The van der Waals surface area contributed by atoms with Crippen molar-refractivity contribution in [3.05, 3.63) is 59.4 Å². The number of rotatable bonds is 3. The summed E-state index contributed by atoms with van der Waals surface area (Å²) in [5, 5.41) is 1.85. The van der Waals surface area contributed by atoms with Crippen molar-refractivity contribution in [1.82, 2.24) is 14.3 Å². The van der Waals surface area contributed by atoms with Gasteiger partial charge in [-0.1, -0.05) is 18.2 Å². The smallest absolute Gasteiger partial charge is 0.297 e. The number of benzene rings is 1. The van der Waals surface area contributed by atoms with E-state index in [2.05, 4.69) is 19.7 Å². The van der Waals surface area contributed by atoms with Gasteiger partial charge in [0, 0.05) is 23.3 Å². The Hall–Kier alpha value is -3.02. The summed E-state index contributed by atoms with van der Waals surface area (Å²) in [4.78, 5) is 19.1. The van der Waals surface area contributed by atoms with Crippen molar-refractivity contribution in [2.45, 2.75) is 12.4 Å². The predicted octanol–water partition coefficient (Wildman–Crippen LogP) is 4.89. The van der Waals surface area contributed by atoms with Crippen LogP contribution in [0.2, 0.25) is 0 Å². The number of carbonyl (C=O) groups is 1. The third kappa shape index (κ3) is 4.11. The molecule has 0 radical (unpaired) electrons. The molecule has 0 saturated carbocycles. The van der Waals surface area contributed by atoms with E-state index in [1.54, 1.807) is 0 Å². The van der Waals surface area contributed by atoms with E-state index >= 15 is 0 Å². The Labute approximate surface area is 157 Å². The fourth-order valence-electron chi connectivity index (χ4n) is 2.29. The number of hydrogen-bond acceptors (Lipinski definition) is 5. The van der Waals surface area contributed by atoms with E-state index in [0.717, 1.165) is 30.5 Å². The van der Waals surface area contributed by atoms with Crippen molar-refractivity contribution in [2.75, 3.05) is 5.32 Å². The number of carbonyl (C=O) groups excluding carboxylic acids is 1. The Morgan fingerprint density at radius 1 is 0.964 bits per heavy atom. The molecular formula is C16H8F6N4OS. The molecule has 0 saturated heterocycles. The average Bonchev–Trinajstić information content (AvgIpc) is 3.08. The van der Waals surface area contributed by atoms with Crippen molar-refractivity contribution >= 4 is 22.6 Å². The van der Waals surface area contributed by atoms with Crippen LogP contribution in [-0.2, 0) is 12.4 Å². The molecule has 0 aliphatic rings. The highest BCUT2D eigenvalue weighted by molar-refractivity contribution is 7.10. The highest BCUT2D eigenvalue weighted by atomic mass is 32.1. The zero-order valence-corrected chi connectivity index (χ0v) is 14.3. The number of pyridine rings is 1. The molecule has 0 fully saturated rings. The van der Waals surface area contributed by atoms with E-state index < -0.39 is 35.1 Å². The number of nitrogens with one attached hydrogen (secondary N) is 1.